The second-order valence-corrected chi connectivity index (χ2v) is 9.20. The first-order valence-electron chi connectivity index (χ1n) is 10.8. The largest absolute Gasteiger partial charge is 0.423 e. The first kappa shape index (κ1) is 21.6. The summed E-state index contributed by atoms with van der Waals surface area (Å²) in [7, 11) is 0. The molecule has 1 fully saturated rings. The number of esters is 1. The van der Waals surface area contributed by atoms with Crippen LogP contribution < -0.4 is 4.74 Å². The van der Waals surface area contributed by atoms with Crippen molar-refractivity contribution in [3.8, 4) is 5.75 Å². The van der Waals surface area contributed by atoms with Gasteiger partial charge in [0.25, 0.3) is 0 Å². The highest BCUT2D eigenvalue weighted by molar-refractivity contribution is 7.16. The van der Waals surface area contributed by atoms with Crippen molar-refractivity contribution < 1.29 is 9.53 Å². The second kappa shape index (κ2) is 9.30. The summed E-state index contributed by atoms with van der Waals surface area (Å²) in [4.78, 5) is 21.3. The van der Waals surface area contributed by atoms with Crippen molar-refractivity contribution >= 4 is 50.3 Å². The van der Waals surface area contributed by atoms with Gasteiger partial charge in [0, 0.05) is 17.8 Å². The molecule has 0 N–H and O–H groups in total. The average Bonchev–Trinajstić information content (AvgIpc) is 3.27. The van der Waals surface area contributed by atoms with Crippen LogP contribution in [0, 0.1) is 5.92 Å². The fourth-order valence-corrected chi connectivity index (χ4v) is 5.06. The molecule has 5 rings (SSSR count). The maximum Gasteiger partial charge on any atom is 0.335 e. The number of pyridine rings is 1. The van der Waals surface area contributed by atoms with Crippen molar-refractivity contribution in [3.05, 3.63) is 101 Å². The van der Waals surface area contributed by atoms with E-state index in [0.29, 0.717) is 16.7 Å². The molecule has 1 aliphatic carbocycles. The Balaban J connectivity index is 1.84. The Labute approximate surface area is 201 Å². The van der Waals surface area contributed by atoms with Crippen LogP contribution in [-0.2, 0) is 4.79 Å². The number of fused-ring (bicyclic) bond motifs is 1. The molecule has 0 saturated heterocycles. The summed E-state index contributed by atoms with van der Waals surface area (Å²) in [5.74, 6) is 0.277. The molecule has 6 heteroatoms. The minimum absolute atomic E-state index is 0.307. The molecule has 0 spiro atoms. The Hall–Kier alpha value is -3.28. The quantitative estimate of drug-likeness (QED) is 0.169. The van der Waals surface area contributed by atoms with Gasteiger partial charge in [-0.3, -0.25) is 4.98 Å². The number of rotatable bonds is 6. The summed E-state index contributed by atoms with van der Waals surface area (Å²) in [6, 6.07) is 17.5. The van der Waals surface area contributed by atoms with E-state index in [9.17, 15) is 4.79 Å². The van der Waals surface area contributed by atoms with Gasteiger partial charge in [-0.05, 0) is 65.8 Å². The van der Waals surface area contributed by atoms with Gasteiger partial charge in [0.05, 0.1) is 26.4 Å². The number of allylic oxidation sites excluding steroid dienone is 1. The SMILES string of the molecule is C=CC(=O)Oc1ccccc1/C(=C(/c1ncccc1Cl)C1CCC1)c1ccc2scnc2c1. The Morgan fingerprint density at radius 1 is 1.12 bits per heavy atom. The van der Waals surface area contributed by atoms with Crippen LogP contribution in [0.5, 0.6) is 5.75 Å². The molecule has 33 heavy (non-hydrogen) atoms. The van der Waals surface area contributed by atoms with Gasteiger partial charge < -0.3 is 4.74 Å². The van der Waals surface area contributed by atoms with Crippen LogP contribution >= 0.6 is 22.9 Å². The van der Waals surface area contributed by atoms with Gasteiger partial charge in [-0.2, -0.15) is 0 Å². The van der Waals surface area contributed by atoms with Gasteiger partial charge in [0.1, 0.15) is 5.75 Å². The van der Waals surface area contributed by atoms with E-state index in [2.05, 4.69) is 34.7 Å². The van der Waals surface area contributed by atoms with E-state index < -0.39 is 5.97 Å². The number of thiazole rings is 1. The van der Waals surface area contributed by atoms with Crippen LogP contribution in [-0.4, -0.2) is 15.9 Å². The van der Waals surface area contributed by atoms with Gasteiger partial charge in [0.15, 0.2) is 0 Å². The summed E-state index contributed by atoms with van der Waals surface area (Å²) in [5.41, 5.74) is 7.37. The molecule has 2 aromatic carbocycles. The van der Waals surface area contributed by atoms with E-state index in [1.807, 2.05) is 35.8 Å². The maximum atomic E-state index is 12.1. The third kappa shape index (κ3) is 4.22. The summed E-state index contributed by atoms with van der Waals surface area (Å²) in [5, 5.41) is 0.604. The molecule has 2 aromatic heterocycles. The lowest BCUT2D eigenvalue weighted by molar-refractivity contribution is -0.128. The van der Waals surface area contributed by atoms with E-state index in [4.69, 9.17) is 16.3 Å². The summed E-state index contributed by atoms with van der Waals surface area (Å²) in [6.45, 7) is 3.54. The molecule has 0 atom stereocenters. The summed E-state index contributed by atoms with van der Waals surface area (Å²) in [6.07, 6.45) is 6.21. The van der Waals surface area contributed by atoms with Crippen molar-refractivity contribution in [2.24, 2.45) is 5.92 Å². The maximum absolute atomic E-state index is 12.1. The lowest BCUT2D eigenvalue weighted by Crippen LogP contribution is -2.16. The topological polar surface area (TPSA) is 52.1 Å². The number of hydrogen-bond acceptors (Lipinski definition) is 5. The zero-order valence-electron chi connectivity index (χ0n) is 17.8. The second-order valence-electron chi connectivity index (χ2n) is 7.91. The van der Waals surface area contributed by atoms with Crippen molar-refractivity contribution in [1.82, 2.24) is 9.97 Å². The third-order valence-corrected chi connectivity index (χ3v) is 7.06. The Kier molecular flexibility index (Phi) is 6.07. The van der Waals surface area contributed by atoms with Crippen LogP contribution in [0.4, 0.5) is 0 Å². The Bertz CT molecular complexity index is 1390. The molecule has 1 aliphatic rings. The fourth-order valence-electron chi connectivity index (χ4n) is 4.18. The number of hydrogen-bond donors (Lipinski definition) is 0. The highest BCUT2D eigenvalue weighted by atomic mass is 35.5. The molecule has 164 valence electrons. The minimum Gasteiger partial charge on any atom is -0.423 e. The van der Waals surface area contributed by atoms with Crippen LogP contribution in [0.2, 0.25) is 5.02 Å². The zero-order chi connectivity index (χ0) is 22.8. The molecular weight excluding hydrogens is 452 g/mol. The molecular formula is C27H21ClN2O2S. The van der Waals surface area contributed by atoms with Gasteiger partial charge in [0.2, 0.25) is 0 Å². The third-order valence-electron chi connectivity index (χ3n) is 5.95. The van der Waals surface area contributed by atoms with E-state index in [1.165, 1.54) is 6.08 Å². The number of carbonyl (C=O) groups is 1. The van der Waals surface area contributed by atoms with E-state index in [0.717, 1.165) is 57.4 Å². The number of para-hydroxylation sites is 1. The fraction of sp³-hybridized carbons (Fsp3) is 0.148. The molecule has 0 aliphatic heterocycles. The predicted octanol–water partition coefficient (Wildman–Crippen LogP) is 7.20. The van der Waals surface area contributed by atoms with E-state index in [1.54, 1.807) is 23.6 Å². The van der Waals surface area contributed by atoms with Gasteiger partial charge >= 0.3 is 5.97 Å². The van der Waals surface area contributed by atoms with Crippen molar-refractivity contribution in [1.29, 1.82) is 0 Å². The molecule has 0 radical (unpaired) electrons. The molecule has 0 unspecified atom stereocenters. The zero-order valence-corrected chi connectivity index (χ0v) is 19.4. The highest BCUT2D eigenvalue weighted by Crippen LogP contribution is 2.47. The number of benzene rings is 2. The molecule has 4 aromatic rings. The molecule has 1 saturated carbocycles. The monoisotopic (exact) mass is 472 g/mol. The van der Waals surface area contributed by atoms with E-state index in [-0.39, 0.29) is 0 Å². The number of aromatic nitrogens is 2. The van der Waals surface area contributed by atoms with Crippen molar-refractivity contribution in [2.75, 3.05) is 0 Å². The number of ether oxygens (including phenoxy) is 1. The molecule has 4 nitrogen and oxygen atoms in total. The highest BCUT2D eigenvalue weighted by Gasteiger charge is 2.30. The van der Waals surface area contributed by atoms with Crippen LogP contribution in [0.1, 0.15) is 36.1 Å². The molecule has 0 bridgehead atoms. The lowest BCUT2D eigenvalue weighted by atomic mass is 9.74. The average molecular weight is 473 g/mol. The summed E-state index contributed by atoms with van der Waals surface area (Å²) < 4.78 is 6.78. The summed E-state index contributed by atoms with van der Waals surface area (Å²) >= 11 is 8.29. The molecule has 2 heterocycles. The number of nitrogens with zero attached hydrogens (tertiary/aromatic N) is 2. The first-order chi connectivity index (χ1) is 16.2. The number of carbonyl (C=O) groups excluding carboxylic acids is 1. The van der Waals surface area contributed by atoms with Crippen LogP contribution in [0.3, 0.4) is 0 Å². The Morgan fingerprint density at radius 2 is 1.97 bits per heavy atom. The predicted molar refractivity (Wildman–Crippen MR) is 134 cm³/mol. The van der Waals surface area contributed by atoms with Crippen LogP contribution in [0.15, 0.2) is 79.0 Å². The van der Waals surface area contributed by atoms with E-state index >= 15 is 0 Å². The normalized spacial score (nSPS) is 14.5. The van der Waals surface area contributed by atoms with Crippen molar-refractivity contribution in [3.63, 3.8) is 0 Å². The standard InChI is InChI=1S/C27H21ClN2O2S/c1-2-24(31)32-22-11-4-3-9-19(22)25(18-12-13-23-21(15-18)30-16-33-23)26(17-7-5-8-17)27-20(28)10-6-14-29-27/h2-4,6,9-17H,1,5,7-8H2/b26-25+. The smallest absolute Gasteiger partial charge is 0.335 e. The molecule has 0 amide bonds. The Morgan fingerprint density at radius 3 is 2.73 bits per heavy atom. The lowest BCUT2D eigenvalue weighted by Gasteiger charge is -2.31. The van der Waals surface area contributed by atoms with Gasteiger partial charge in [-0.1, -0.05) is 48.9 Å². The first-order valence-corrected chi connectivity index (χ1v) is 12.0. The van der Waals surface area contributed by atoms with Gasteiger partial charge in [-0.15, -0.1) is 11.3 Å². The minimum atomic E-state index is -0.502. The van der Waals surface area contributed by atoms with Crippen LogP contribution in [0.25, 0.3) is 21.4 Å². The van der Waals surface area contributed by atoms with Gasteiger partial charge in [-0.25, -0.2) is 9.78 Å². The van der Waals surface area contributed by atoms with Crippen molar-refractivity contribution in [2.45, 2.75) is 19.3 Å². The number of halogens is 1.